The standard InChI is InChI=1S/C21H16Cl2N4O5S/c1-11-12(2)25-32-19(11)26-33(30,31)14-9-7-13(8-10-14)24-18-17(23)20(28)27(21(18)29)16-6-4-3-5-15(16)22/h3-10,24,26H,1-2H3. The third-order valence-electron chi connectivity index (χ3n) is 4.94. The summed E-state index contributed by atoms with van der Waals surface area (Å²) >= 11 is 12.2. The van der Waals surface area contributed by atoms with Crippen LogP contribution >= 0.6 is 23.2 Å². The van der Waals surface area contributed by atoms with E-state index in [-0.39, 0.29) is 32.2 Å². The zero-order valence-corrected chi connectivity index (χ0v) is 19.5. The lowest BCUT2D eigenvalue weighted by Crippen LogP contribution is -2.32. The van der Waals surface area contributed by atoms with Gasteiger partial charge in [-0.05, 0) is 50.2 Å². The molecular formula is C21H16Cl2N4O5S. The van der Waals surface area contributed by atoms with Gasteiger partial charge in [-0.25, -0.2) is 18.0 Å². The predicted octanol–water partition coefficient (Wildman–Crippen LogP) is 4.18. The average Bonchev–Trinajstić information content (AvgIpc) is 3.20. The second kappa shape index (κ2) is 8.54. The number of benzene rings is 2. The summed E-state index contributed by atoms with van der Waals surface area (Å²) in [6.45, 7) is 3.37. The summed E-state index contributed by atoms with van der Waals surface area (Å²) in [6.07, 6.45) is 0. The number of nitrogens with zero attached hydrogens (tertiary/aromatic N) is 2. The molecule has 1 aliphatic heterocycles. The van der Waals surface area contributed by atoms with Crippen molar-refractivity contribution in [3.8, 4) is 0 Å². The Hall–Kier alpha value is -3.34. The summed E-state index contributed by atoms with van der Waals surface area (Å²) in [5.74, 6) is -1.38. The summed E-state index contributed by atoms with van der Waals surface area (Å²) in [5, 5.41) is 6.40. The van der Waals surface area contributed by atoms with E-state index >= 15 is 0 Å². The first kappa shape index (κ1) is 22.8. The van der Waals surface area contributed by atoms with Gasteiger partial charge in [-0.2, -0.15) is 0 Å². The van der Waals surface area contributed by atoms with Crippen LogP contribution in [0.2, 0.25) is 5.02 Å². The summed E-state index contributed by atoms with van der Waals surface area (Å²) in [7, 11) is -3.94. The first-order chi connectivity index (χ1) is 15.6. The van der Waals surface area contributed by atoms with Crippen LogP contribution in [0.1, 0.15) is 11.3 Å². The van der Waals surface area contributed by atoms with Gasteiger partial charge < -0.3 is 9.84 Å². The van der Waals surface area contributed by atoms with E-state index in [1.54, 1.807) is 32.0 Å². The Morgan fingerprint density at radius 1 is 0.970 bits per heavy atom. The molecule has 3 aromatic rings. The van der Waals surface area contributed by atoms with E-state index in [4.69, 9.17) is 27.7 Å². The number of aryl methyl sites for hydroxylation is 1. The van der Waals surface area contributed by atoms with Crippen LogP contribution in [0.15, 0.2) is 68.7 Å². The maximum atomic E-state index is 12.9. The molecular weight excluding hydrogens is 491 g/mol. The number of hydrogen-bond acceptors (Lipinski definition) is 7. The second-order valence-electron chi connectivity index (χ2n) is 7.06. The topological polar surface area (TPSA) is 122 Å². The molecule has 1 aliphatic rings. The number of anilines is 3. The molecule has 0 radical (unpaired) electrons. The molecule has 9 nitrogen and oxygen atoms in total. The molecule has 0 spiro atoms. The second-order valence-corrected chi connectivity index (χ2v) is 9.53. The minimum atomic E-state index is -3.94. The number of halogens is 2. The van der Waals surface area contributed by atoms with Gasteiger partial charge in [-0.15, -0.1) is 0 Å². The predicted molar refractivity (Wildman–Crippen MR) is 124 cm³/mol. The summed E-state index contributed by atoms with van der Waals surface area (Å²) in [4.78, 5) is 26.3. The third kappa shape index (κ3) is 4.20. The molecule has 1 aromatic heterocycles. The minimum absolute atomic E-state index is 0.0290. The van der Waals surface area contributed by atoms with Gasteiger partial charge in [0.2, 0.25) is 5.88 Å². The zero-order chi connectivity index (χ0) is 23.9. The van der Waals surface area contributed by atoms with E-state index in [0.717, 1.165) is 4.90 Å². The number of amides is 2. The number of aromatic nitrogens is 1. The van der Waals surface area contributed by atoms with Crippen LogP contribution in [-0.2, 0) is 19.6 Å². The van der Waals surface area contributed by atoms with Gasteiger partial charge in [0.05, 0.1) is 21.3 Å². The number of para-hydroxylation sites is 1. The van der Waals surface area contributed by atoms with Crippen molar-refractivity contribution in [2.45, 2.75) is 18.7 Å². The number of carbonyl (C=O) groups excluding carboxylic acids is 2. The Bertz CT molecular complexity index is 1410. The molecule has 0 bridgehead atoms. The minimum Gasteiger partial charge on any atom is -0.350 e. The highest BCUT2D eigenvalue weighted by Crippen LogP contribution is 2.34. The van der Waals surface area contributed by atoms with Crippen molar-refractivity contribution < 1.29 is 22.5 Å². The molecule has 0 atom stereocenters. The van der Waals surface area contributed by atoms with Gasteiger partial charge >= 0.3 is 0 Å². The van der Waals surface area contributed by atoms with Gasteiger partial charge in [0.1, 0.15) is 10.7 Å². The number of sulfonamides is 1. The number of nitrogens with one attached hydrogen (secondary N) is 2. The van der Waals surface area contributed by atoms with Crippen LogP contribution in [0.3, 0.4) is 0 Å². The Labute approximate surface area is 199 Å². The highest BCUT2D eigenvalue weighted by molar-refractivity contribution is 7.92. The third-order valence-corrected chi connectivity index (χ3v) is 6.96. The number of imide groups is 1. The van der Waals surface area contributed by atoms with E-state index in [0.29, 0.717) is 16.9 Å². The molecule has 4 rings (SSSR count). The number of hydrogen-bond donors (Lipinski definition) is 2. The zero-order valence-electron chi connectivity index (χ0n) is 17.2. The van der Waals surface area contributed by atoms with Gasteiger partial charge in [-0.1, -0.05) is 40.5 Å². The number of carbonyl (C=O) groups is 2. The molecule has 2 heterocycles. The van der Waals surface area contributed by atoms with Crippen molar-refractivity contribution in [3.63, 3.8) is 0 Å². The molecule has 0 saturated heterocycles. The van der Waals surface area contributed by atoms with Crippen LogP contribution in [0.25, 0.3) is 0 Å². The molecule has 0 saturated carbocycles. The SMILES string of the molecule is Cc1noc(NS(=O)(=O)c2ccc(NC3=C(Cl)C(=O)N(c4ccccc4Cl)C3=O)cc2)c1C. The van der Waals surface area contributed by atoms with E-state index in [9.17, 15) is 18.0 Å². The molecule has 33 heavy (non-hydrogen) atoms. The number of rotatable bonds is 6. The van der Waals surface area contributed by atoms with Crippen molar-refractivity contribution >= 4 is 62.3 Å². The molecule has 12 heteroatoms. The maximum absolute atomic E-state index is 12.9. The Balaban J connectivity index is 1.54. The monoisotopic (exact) mass is 506 g/mol. The summed E-state index contributed by atoms with van der Waals surface area (Å²) < 4.78 is 32.6. The lowest BCUT2D eigenvalue weighted by atomic mass is 10.3. The van der Waals surface area contributed by atoms with Gasteiger partial charge in [0.15, 0.2) is 0 Å². The molecule has 2 aromatic carbocycles. The van der Waals surface area contributed by atoms with Crippen LogP contribution < -0.4 is 14.9 Å². The van der Waals surface area contributed by atoms with E-state index < -0.39 is 21.8 Å². The fourth-order valence-electron chi connectivity index (χ4n) is 3.02. The lowest BCUT2D eigenvalue weighted by molar-refractivity contribution is -0.120. The molecule has 0 unspecified atom stereocenters. The van der Waals surface area contributed by atoms with E-state index in [1.165, 1.54) is 30.3 Å². The highest BCUT2D eigenvalue weighted by atomic mass is 35.5. The fourth-order valence-corrected chi connectivity index (χ4v) is 4.50. The van der Waals surface area contributed by atoms with Gasteiger partial charge in [0.25, 0.3) is 21.8 Å². The normalized spacial score (nSPS) is 14.2. The Morgan fingerprint density at radius 2 is 1.64 bits per heavy atom. The molecule has 2 amide bonds. The molecule has 2 N–H and O–H groups in total. The Kier molecular flexibility index (Phi) is 5.91. The largest absolute Gasteiger partial charge is 0.350 e. The van der Waals surface area contributed by atoms with Gasteiger partial charge in [0, 0.05) is 11.3 Å². The van der Waals surface area contributed by atoms with E-state index in [1.807, 2.05) is 0 Å². The first-order valence-corrected chi connectivity index (χ1v) is 11.7. The quantitative estimate of drug-likeness (QED) is 0.480. The van der Waals surface area contributed by atoms with E-state index in [2.05, 4.69) is 15.2 Å². The molecule has 170 valence electrons. The fraction of sp³-hybridized carbons (Fsp3) is 0.0952. The van der Waals surface area contributed by atoms with Crippen LogP contribution in [0.5, 0.6) is 0 Å². The Morgan fingerprint density at radius 3 is 2.24 bits per heavy atom. The van der Waals surface area contributed by atoms with Crippen LogP contribution in [0, 0.1) is 13.8 Å². The van der Waals surface area contributed by atoms with Crippen molar-refractivity contribution in [2.75, 3.05) is 14.9 Å². The van der Waals surface area contributed by atoms with Crippen molar-refractivity contribution in [1.82, 2.24) is 5.16 Å². The van der Waals surface area contributed by atoms with Crippen LogP contribution in [0.4, 0.5) is 17.3 Å². The lowest BCUT2D eigenvalue weighted by Gasteiger charge is -2.16. The maximum Gasteiger partial charge on any atom is 0.283 e. The van der Waals surface area contributed by atoms with Crippen molar-refractivity contribution in [3.05, 3.63) is 75.5 Å². The van der Waals surface area contributed by atoms with Crippen molar-refractivity contribution in [2.24, 2.45) is 0 Å². The molecule has 0 aliphatic carbocycles. The summed E-state index contributed by atoms with van der Waals surface area (Å²) in [5.41, 5.74) is 1.54. The molecule has 0 fully saturated rings. The van der Waals surface area contributed by atoms with Gasteiger partial charge in [-0.3, -0.25) is 9.59 Å². The first-order valence-electron chi connectivity index (χ1n) is 9.46. The van der Waals surface area contributed by atoms with Crippen LogP contribution in [-0.4, -0.2) is 25.4 Å². The highest BCUT2D eigenvalue weighted by Gasteiger charge is 2.39. The summed E-state index contributed by atoms with van der Waals surface area (Å²) in [6, 6.07) is 11.9. The smallest absolute Gasteiger partial charge is 0.283 e. The average molecular weight is 507 g/mol. The van der Waals surface area contributed by atoms with Crippen molar-refractivity contribution in [1.29, 1.82) is 0 Å².